The quantitative estimate of drug-likeness (QED) is 0.713. The van der Waals surface area contributed by atoms with Gasteiger partial charge in [-0.1, -0.05) is 36.4 Å². The maximum atomic E-state index is 5.57. The maximum absolute atomic E-state index is 5.57. The first-order chi connectivity index (χ1) is 10.8. The molecule has 0 atom stereocenters. The number of hydrogen-bond acceptors (Lipinski definition) is 3. The molecule has 1 aromatic heterocycles. The van der Waals surface area contributed by atoms with E-state index in [0.29, 0.717) is 0 Å². The predicted molar refractivity (Wildman–Crippen MR) is 89.9 cm³/mol. The number of nitrogens with zero attached hydrogens (tertiary/aromatic N) is 2. The second-order valence-corrected chi connectivity index (χ2v) is 5.50. The van der Waals surface area contributed by atoms with Crippen LogP contribution in [-0.4, -0.2) is 24.0 Å². The summed E-state index contributed by atoms with van der Waals surface area (Å²) in [6.45, 7) is 1.69. The lowest BCUT2D eigenvalue weighted by atomic mass is 10.0. The van der Waals surface area contributed by atoms with Crippen molar-refractivity contribution in [2.45, 2.75) is 13.1 Å². The number of hydrogen-bond donors (Lipinski definition) is 0. The van der Waals surface area contributed by atoms with Gasteiger partial charge in [-0.15, -0.1) is 0 Å². The van der Waals surface area contributed by atoms with Crippen LogP contribution in [0.5, 0.6) is 5.75 Å². The Bertz CT molecular complexity index is 756. The molecular formula is C19H20N2O. The fourth-order valence-corrected chi connectivity index (χ4v) is 2.80. The van der Waals surface area contributed by atoms with Crippen LogP contribution < -0.4 is 4.74 Å². The Morgan fingerprint density at radius 3 is 2.64 bits per heavy atom. The highest BCUT2D eigenvalue weighted by Crippen LogP contribution is 2.29. The molecule has 112 valence electrons. The van der Waals surface area contributed by atoms with Crippen molar-refractivity contribution in [2.24, 2.45) is 0 Å². The molecule has 3 heteroatoms. The number of rotatable bonds is 5. The van der Waals surface area contributed by atoms with Crippen LogP contribution in [0, 0.1) is 0 Å². The second-order valence-electron chi connectivity index (χ2n) is 5.50. The van der Waals surface area contributed by atoms with Crippen molar-refractivity contribution in [1.29, 1.82) is 0 Å². The number of ether oxygens (including phenoxy) is 1. The van der Waals surface area contributed by atoms with Crippen LogP contribution in [0.2, 0.25) is 0 Å². The molecule has 0 radical (unpaired) electrons. The first-order valence-corrected chi connectivity index (χ1v) is 7.40. The van der Waals surface area contributed by atoms with Crippen molar-refractivity contribution in [3.8, 4) is 5.75 Å². The Balaban J connectivity index is 1.89. The van der Waals surface area contributed by atoms with Gasteiger partial charge in [-0.25, -0.2) is 0 Å². The van der Waals surface area contributed by atoms with Crippen LogP contribution >= 0.6 is 0 Å². The van der Waals surface area contributed by atoms with Gasteiger partial charge in [-0.2, -0.15) is 0 Å². The van der Waals surface area contributed by atoms with E-state index in [9.17, 15) is 0 Å². The molecule has 0 aliphatic carbocycles. The van der Waals surface area contributed by atoms with Crippen LogP contribution in [0.25, 0.3) is 10.8 Å². The van der Waals surface area contributed by atoms with Gasteiger partial charge in [0.05, 0.1) is 7.11 Å². The Labute approximate surface area is 131 Å². The van der Waals surface area contributed by atoms with Gasteiger partial charge in [0.15, 0.2) is 0 Å². The summed E-state index contributed by atoms with van der Waals surface area (Å²) in [5.41, 5.74) is 2.44. The molecule has 3 aromatic rings. The van der Waals surface area contributed by atoms with E-state index in [1.165, 1.54) is 21.9 Å². The number of methoxy groups -OCH3 is 1. The first-order valence-electron chi connectivity index (χ1n) is 7.40. The fraction of sp³-hybridized carbons (Fsp3) is 0.211. The van der Waals surface area contributed by atoms with E-state index in [-0.39, 0.29) is 0 Å². The highest BCUT2D eigenvalue weighted by atomic mass is 16.5. The zero-order chi connectivity index (χ0) is 15.4. The molecule has 0 bridgehead atoms. The van der Waals surface area contributed by atoms with E-state index < -0.39 is 0 Å². The molecule has 0 amide bonds. The topological polar surface area (TPSA) is 25.4 Å². The molecule has 3 nitrogen and oxygen atoms in total. The van der Waals surface area contributed by atoms with Crippen molar-refractivity contribution < 1.29 is 4.74 Å². The zero-order valence-corrected chi connectivity index (χ0v) is 13.0. The third-order valence-electron chi connectivity index (χ3n) is 3.82. The molecule has 22 heavy (non-hydrogen) atoms. The zero-order valence-electron chi connectivity index (χ0n) is 13.0. The molecule has 2 aromatic carbocycles. The number of aromatic nitrogens is 1. The highest BCUT2D eigenvalue weighted by molar-refractivity contribution is 5.87. The molecule has 3 rings (SSSR count). The van der Waals surface area contributed by atoms with Crippen molar-refractivity contribution in [1.82, 2.24) is 9.88 Å². The van der Waals surface area contributed by atoms with Crippen LogP contribution in [-0.2, 0) is 13.1 Å². The van der Waals surface area contributed by atoms with Gasteiger partial charge < -0.3 is 4.74 Å². The third-order valence-corrected chi connectivity index (χ3v) is 3.82. The van der Waals surface area contributed by atoms with Crippen LogP contribution in [0.4, 0.5) is 0 Å². The minimum absolute atomic E-state index is 0.833. The molecule has 0 saturated carbocycles. The Hall–Kier alpha value is -2.39. The summed E-state index contributed by atoms with van der Waals surface area (Å²) in [4.78, 5) is 6.46. The van der Waals surface area contributed by atoms with Gasteiger partial charge in [0, 0.05) is 31.0 Å². The summed E-state index contributed by atoms with van der Waals surface area (Å²) < 4.78 is 5.57. The van der Waals surface area contributed by atoms with E-state index >= 15 is 0 Å². The van der Waals surface area contributed by atoms with Crippen molar-refractivity contribution >= 4 is 10.8 Å². The molecule has 0 aliphatic heterocycles. The highest BCUT2D eigenvalue weighted by Gasteiger charge is 2.11. The lowest BCUT2D eigenvalue weighted by molar-refractivity contribution is 0.311. The molecule has 0 unspecified atom stereocenters. The number of benzene rings is 2. The van der Waals surface area contributed by atoms with Crippen LogP contribution in [0.3, 0.4) is 0 Å². The SMILES string of the molecule is COc1ccc2ccccc2c1CN(C)Cc1cccnc1. The van der Waals surface area contributed by atoms with Gasteiger partial charge in [0.25, 0.3) is 0 Å². The fourth-order valence-electron chi connectivity index (χ4n) is 2.80. The molecule has 0 aliphatic rings. The summed E-state index contributed by atoms with van der Waals surface area (Å²) in [5.74, 6) is 0.941. The van der Waals surface area contributed by atoms with Gasteiger partial charge >= 0.3 is 0 Å². The summed E-state index contributed by atoms with van der Waals surface area (Å²) >= 11 is 0. The van der Waals surface area contributed by atoms with Gasteiger partial charge in [0.1, 0.15) is 5.75 Å². The molecular weight excluding hydrogens is 272 g/mol. The minimum Gasteiger partial charge on any atom is -0.496 e. The third kappa shape index (κ3) is 3.10. The lowest BCUT2D eigenvalue weighted by Crippen LogP contribution is -2.18. The van der Waals surface area contributed by atoms with Crippen molar-refractivity contribution in [3.63, 3.8) is 0 Å². The standard InChI is InChI=1S/C19H20N2O/c1-21(13-15-6-5-11-20-12-15)14-18-17-8-4-3-7-16(17)9-10-19(18)22-2/h3-12H,13-14H2,1-2H3. The van der Waals surface area contributed by atoms with Crippen molar-refractivity contribution in [2.75, 3.05) is 14.2 Å². The lowest BCUT2D eigenvalue weighted by Gasteiger charge is -2.20. The normalized spacial score (nSPS) is 11.0. The van der Waals surface area contributed by atoms with E-state index in [2.05, 4.69) is 59.4 Å². The van der Waals surface area contributed by atoms with Crippen molar-refractivity contribution in [3.05, 3.63) is 72.1 Å². The average molecular weight is 292 g/mol. The summed E-state index contributed by atoms with van der Waals surface area (Å²) in [5, 5.41) is 2.49. The molecule has 0 saturated heterocycles. The van der Waals surface area contributed by atoms with Gasteiger partial charge in [0.2, 0.25) is 0 Å². The molecule has 1 heterocycles. The Morgan fingerprint density at radius 2 is 1.86 bits per heavy atom. The van der Waals surface area contributed by atoms with E-state index in [1.807, 2.05) is 12.3 Å². The van der Waals surface area contributed by atoms with E-state index in [1.54, 1.807) is 13.3 Å². The number of pyridine rings is 1. The molecule has 0 N–H and O–H groups in total. The molecule has 0 spiro atoms. The second kappa shape index (κ2) is 6.58. The summed E-state index contributed by atoms with van der Waals surface area (Å²) in [6, 6.07) is 16.7. The van der Waals surface area contributed by atoms with Crippen LogP contribution in [0.1, 0.15) is 11.1 Å². The van der Waals surface area contributed by atoms with Gasteiger partial charge in [-0.3, -0.25) is 9.88 Å². The minimum atomic E-state index is 0.833. The maximum Gasteiger partial charge on any atom is 0.123 e. The van der Waals surface area contributed by atoms with E-state index in [4.69, 9.17) is 4.74 Å². The summed E-state index contributed by atoms with van der Waals surface area (Å²) in [6.07, 6.45) is 3.72. The monoisotopic (exact) mass is 292 g/mol. The largest absolute Gasteiger partial charge is 0.496 e. The average Bonchev–Trinajstić information content (AvgIpc) is 2.56. The number of fused-ring (bicyclic) bond motifs is 1. The van der Waals surface area contributed by atoms with Crippen LogP contribution in [0.15, 0.2) is 60.9 Å². The van der Waals surface area contributed by atoms with Gasteiger partial charge in [-0.05, 0) is 35.5 Å². The summed E-state index contributed by atoms with van der Waals surface area (Å²) in [7, 11) is 3.85. The first kappa shape index (κ1) is 14.5. The molecule has 0 fully saturated rings. The van der Waals surface area contributed by atoms with E-state index in [0.717, 1.165) is 18.8 Å². The predicted octanol–water partition coefficient (Wildman–Crippen LogP) is 3.88. The Kier molecular flexibility index (Phi) is 4.35. The Morgan fingerprint density at radius 1 is 1.00 bits per heavy atom. The smallest absolute Gasteiger partial charge is 0.123 e.